The second kappa shape index (κ2) is 14.4. The first-order valence-corrected chi connectivity index (χ1v) is 9.24. The van der Waals surface area contributed by atoms with E-state index >= 15 is 0 Å². The number of aromatic nitrogens is 3. The van der Waals surface area contributed by atoms with Crippen molar-refractivity contribution in [3.8, 4) is 5.75 Å². The van der Waals surface area contributed by atoms with Crippen LogP contribution in [0, 0.1) is 6.92 Å². The molecule has 31 heavy (non-hydrogen) atoms. The molecule has 0 spiro atoms. The molecule has 3 aromatic rings. The Bertz CT molecular complexity index is 997. The van der Waals surface area contributed by atoms with E-state index in [2.05, 4.69) is 15.0 Å². The number of carbonyl (C=O) groups excluding carboxylic acids is 1. The summed E-state index contributed by atoms with van der Waals surface area (Å²) < 4.78 is 54.2. The van der Waals surface area contributed by atoms with Gasteiger partial charge in [-0.05, 0) is 31.3 Å². The molecule has 0 saturated carbocycles. The third kappa shape index (κ3) is 10.7. The number of rotatable bonds is 5. The number of aromatic amines is 1. The smallest absolute Gasteiger partial charge is 0.652 e. The molecule has 1 atom stereocenters. The Morgan fingerprint density at radius 1 is 1.19 bits per heavy atom. The Morgan fingerprint density at radius 3 is 2.39 bits per heavy atom. The number of imidazole rings is 1. The molecule has 0 fully saturated rings. The molecule has 0 aliphatic heterocycles. The third-order valence-corrected chi connectivity index (χ3v) is 4.66. The van der Waals surface area contributed by atoms with Crippen LogP contribution in [0.2, 0.25) is 0 Å². The zero-order valence-electron chi connectivity index (χ0n) is 16.9. The van der Waals surface area contributed by atoms with Crippen LogP contribution >= 0.6 is 0 Å². The number of halogens is 3. The molecule has 1 aromatic carbocycles. The summed E-state index contributed by atoms with van der Waals surface area (Å²) in [6.07, 6.45) is -5.42. The fraction of sp³-hybridized carbons (Fsp3) is 0.235. The Balaban J connectivity index is 0.00000138. The molecule has 14 heteroatoms. The minimum Gasteiger partial charge on any atom is -0.652 e. The maximum atomic E-state index is 12.5. The number of hydrogen-bond donors (Lipinski definition) is 1. The van der Waals surface area contributed by atoms with Crippen LogP contribution in [-0.4, -0.2) is 38.1 Å². The number of para-hydroxylation sites is 2. The van der Waals surface area contributed by atoms with Crippen molar-refractivity contribution in [3.63, 3.8) is 0 Å². The average molecular weight is 508 g/mol. The summed E-state index contributed by atoms with van der Waals surface area (Å²) >= 11 is 0. The second-order valence-corrected chi connectivity index (χ2v) is 6.95. The summed E-state index contributed by atoms with van der Waals surface area (Å²) in [6.45, 7) is 0.202. The Morgan fingerprint density at radius 2 is 1.81 bits per heavy atom. The topological polar surface area (TPSA) is 131 Å². The van der Waals surface area contributed by atoms with E-state index in [9.17, 15) is 17.4 Å². The first-order valence-electron chi connectivity index (χ1n) is 7.92. The quantitative estimate of drug-likeness (QED) is 0.343. The molecule has 1 N–H and O–H groups in total. The Labute approximate surface area is 262 Å². The number of hydrogen-bond acceptors (Lipinski definition) is 7. The molecule has 2 aromatic heterocycles. The second-order valence-electron chi connectivity index (χ2n) is 5.58. The third-order valence-electron chi connectivity index (χ3n) is 3.50. The van der Waals surface area contributed by atoms with Crippen LogP contribution in [0.1, 0.15) is 11.3 Å². The number of benzene rings is 1. The summed E-state index contributed by atoms with van der Waals surface area (Å²) in [7, 11) is -1.51. The average Bonchev–Trinajstić information content (AvgIpc) is 3.05. The van der Waals surface area contributed by atoms with Gasteiger partial charge in [-0.15, -0.1) is 0 Å². The number of nitrogens with one attached hydrogen (secondary N) is 1. The molecular weight excluding hydrogens is 493 g/mol. The van der Waals surface area contributed by atoms with Crippen molar-refractivity contribution in [2.75, 3.05) is 6.61 Å². The molecule has 3 rings (SSSR count). The fourth-order valence-electron chi connectivity index (χ4n) is 2.25. The Hall–Kier alpha value is 0.123. The number of fused-ring (bicyclic) bond motifs is 1. The number of carbonyl (C=O) groups is 1. The van der Waals surface area contributed by atoms with Crippen LogP contribution in [-0.2, 0) is 16.6 Å². The first-order chi connectivity index (χ1) is 13.6. The maximum absolute atomic E-state index is 12.5. The van der Waals surface area contributed by atoms with Gasteiger partial charge in [0.25, 0.3) is 0 Å². The summed E-state index contributed by atoms with van der Waals surface area (Å²) in [4.78, 5) is 19.7. The Kier molecular flexibility index (Phi) is 14.5. The zero-order chi connectivity index (χ0) is 21.6. The maximum Gasteiger partial charge on any atom is 1.00 e. The van der Waals surface area contributed by atoms with E-state index in [1.807, 2.05) is 18.2 Å². The van der Waals surface area contributed by atoms with Gasteiger partial charge in [-0.3, -0.25) is 9.19 Å². The van der Waals surface area contributed by atoms with Crippen LogP contribution in [0.4, 0.5) is 18.0 Å². The standard InChI is InChI=1S/C16H14F3N3O2S.CH2O3.2K/c1-10-13(20-7-6-14(10)24-9-16(17,18)19)8-25(23)15-21-11-4-2-3-5-12(11)22-15;2-1(3)4;;/h2-7H,8-9H2,1H3,(H,21,22);(H2,2,3,4);;/q;;2*+1/p-2. The molecule has 0 amide bonds. The van der Waals surface area contributed by atoms with E-state index in [1.165, 1.54) is 12.3 Å². The fourth-order valence-corrected chi connectivity index (χ4v) is 3.35. The largest absolute Gasteiger partial charge is 1.00 e. The summed E-state index contributed by atoms with van der Waals surface area (Å²) in [5, 5.41) is 17.0. The van der Waals surface area contributed by atoms with Gasteiger partial charge in [0.1, 0.15) is 5.75 Å². The molecule has 0 aliphatic rings. The van der Waals surface area contributed by atoms with Crippen LogP contribution in [0.15, 0.2) is 41.7 Å². The molecule has 0 bridgehead atoms. The van der Waals surface area contributed by atoms with Crippen LogP contribution in [0.25, 0.3) is 11.0 Å². The zero-order valence-corrected chi connectivity index (χ0v) is 23.9. The molecule has 0 saturated heterocycles. The predicted molar refractivity (Wildman–Crippen MR) is 92.1 cm³/mol. The normalized spacial score (nSPS) is 11.4. The van der Waals surface area contributed by atoms with Crippen molar-refractivity contribution in [1.29, 1.82) is 0 Å². The molecule has 0 aliphatic carbocycles. The molecule has 156 valence electrons. The molecule has 2 heterocycles. The van der Waals surface area contributed by atoms with Gasteiger partial charge in [0.15, 0.2) is 11.8 Å². The van der Waals surface area contributed by atoms with Crippen LogP contribution < -0.4 is 118 Å². The summed E-state index contributed by atoms with van der Waals surface area (Å²) in [5.74, 6) is 0.0958. The number of nitrogens with zero attached hydrogens (tertiary/aromatic N) is 2. The van der Waals surface area contributed by atoms with E-state index < -0.39 is 29.7 Å². The van der Waals surface area contributed by atoms with Gasteiger partial charge in [0, 0.05) is 11.8 Å². The molecule has 1 unspecified atom stereocenters. The SMILES string of the molecule is Cc1c(OCC(F)(F)F)ccnc1CS(=O)c1nc2ccccc2[nH]1.O=C([O-])[O-].[K+].[K+]. The summed E-state index contributed by atoms with van der Waals surface area (Å²) in [5.41, 5.74) is 2.28. The molecular formula is C17H14F3K2N3O5S. The molecule has 8 nitrogen and oxygen atoms in total. The van der Waals surface area contributed by atoms with Gasteiger partial charge in [0.2, 0.25) is 0 Å². The van der Waals surface area contributed by atoms with Gasteiger partial charge in [-0.1, -0.05) is 12.1 Å². The first kappa shape index (κ1) is 31.1. The van der Waals surface area contributed by atoms with Crippen molar-refractivity contribution in [2.24, 2.45) is 0 Å². The van der Waals surface area contributed by atoms with E-state index in [-0.39, 0.29) is 114 Å². The minimum atomic E-state index is -4.42. The van der Waals surface area contributed by atoms with E-state index in [0.717, 1.165) is 5.52 Å². The number of carboxylic acid groups (broad SMARTS) is 2. The number of H-pyrrole nitrogens is 1. The van der Waals surface area contributed by atoms with Crippen molar-refractivity contribution < 1.29 is 140 Å². The number of pyridine rings is 1. The van der Waals surface area contributed by atoms with Gasteiger partial charge >= 0.3 is 109 Å². The predicted octanol–water partition coefficient (Wildman–Crippen LogP) is -4.92. The van der Waals surface area contributed by atoms with E-state index in [0.29, 0.717) is 21.9 Å². The molecule has 0 radical (unpaired) electrons. The summed E-state index contributed by atoms with van der Waals surface area (Å²) in [6, 6.07) is 8.62. The monoisotopic (exact) mass is 507 g/mol. The van der Waals surface area contributed by atoms with Gasteiger partial charge in [-0.25, -0.2) is 4.98 Å². The van der Waals surface area contributed by atoms with Gasteiger partial charge in [0.05, 0.1) is 33.3 Å². The number of alkyl halides is 3. The van der Waals surface area contributed by atoms with Gasteiger partial charge < -0.3 is 24.7 Å². The van der Waals surface area contributed by atoms with Crippen molar-refractivity contribution in [1.82, 2.24) is 15.0 Å². The number of ether oxygens (including phenoxy) is 1. The van der Waals surface area contributed by atoms with Crippen molar-refractivity contribution in [3.05, 3.63) is 47.8 Å². The van der Waals surface area contributed by atoms with E-state index in [4.69, 9.17) is 19.7 Å². The van der Waals surface area contributed by atoms with Crippen LogP contribution in [0.3, 0.4) is 0 Å². The van der Waals surface area contributed by atoms with Crippen LogP contribution in [0.5, 0.6) is 5.75 Å². The minimum absolute atomic E-state index is 0. The van der Waals surface area contributed by atoms with Crippen molar-refractivity contribution >= 4 is 28.0 Å². The van der Waals surface area contributed by atoms with Gasteiger partial charge in [-0.2, -0.15) is 13.2 Å². The van der Waals surface area contributed by atoms with E-state index in [1.54, 1.807) is 13.0 Å². The van der Waals surface area contributed by atoms with Crippen molar-refractivity contribution in [2.45, 2.75) is 24.0 Å².